The van der Waals surface area contributed by atoms with Crippen LogP contribution in [0.15, 0.2) is 72.8 Å². The van der Waals surface area contributed by atoms with E-state index in [0.29, 0.717) is 13.0 Å². The van der Waals surface area contributed by atoms with Crippen LogP contribution in [0, 0.1) is 23.7 Å². The minimum Gasteiger partial charge on any atom is -0.350 e. The Hall–Kier alpha value is -3.21. The zero-order valence-corrected chi connectivity index (χ0v) is 16.6. The molecule has 3 aliphatic rings. The molecule has 0 aromatic heterocycles. The summed E-state index contributed by atoms with van der Waals surface area (Å²) >= 11 is 0. The zero-order chi connectivity index (χ0) is 20.7. The second kappa shape index (κ2) is 7.56. The molecule has 2 fully saturated rings. The van der Waals surface area contributed by atoms with Crippen LogP contribution >= 0.6 is 0 Å². The molecule has 1 saturated heterocycles. The van der Waals surface area contributed by atoms with Gasteiger partial charge in [-0.3, -0.25) is 19.3 Å². The number of rotatable bonds is 6. The Morgan fingerprint density at radius 1 is 0.867 bits per heavy atom. The largest absolute Gasteiger partial charge is 0.350 e. The van der Waals surface area contributed by atoms with Gasteiger partial charge in [-0.05, 0) is 29.4 Å². The van der Waals surface area contributed by atoms with Crippen LogP contribution in [0.4, 0.5) is 0 Å². The van der Waals surface area contributed by atoms with Gasteiger partial charge in [-0.25, -0.2) is 0 Å². The molecule has 5 rings (SSSR count). The third-order valence-electron chi connectivity index (χ3n) is 6.70. The number of amides is 3. The fourth-order valence-corrected chi connectivity index (χ4v) is 5.27. The van der Waals surface area contributed by atoms with E-state index in [9.17, 15) is 14.4 Å². The maximum absolute atomic E-state index is 13.3. The van der Waals surface area contributed by atoms with E-state index in [1.807, 2.05) is 60.7 Å². The summed E-state index contributed by atoms with van der Waals surface area (Å²) in [5.41, 5.74) is 1.90. The lowest BCUT2D eigenvalue weighted by molar-refractivity contribution is -0.148. The van der Waals surface area contributed by atoms with Crippen molar-refractivity contribution in [1.29, 1.82) is 0 Å². The van der Waals surface area contributed by atoms with Crippen molar-refractivity contribution in [2.45, 2.75) is 25.4 Å². The average Bonchev–Trinajstić information content (AvgIpc) is 3.46. The molecule has 2 aromatic rings. The summed E-state index contributed by atoms with van der Waals surface area (Å²) in [6.07, 6.45) is 5.34. The molecule has 5 nitrogen and oxygen atoms in total. The number of hydrogen-bond donors (Lipinski definition) is 1. The Bertz CT molecular complexity index is 972. The first kappa shape index (κ1) is 18.8. The van der Waals surface area contributed by atoms with E-state index >= 15 is 0 Å². The Balaban J connectivity index is 1.40. The Labute approximate surface area is 175 Å². The molecule has 1 heterocycles. The fourth-order valence-electron chi connectivity index (χ4n) is 5.27. The van der Waals surface area contributed by atoms with Crippen molar-refractivity contribution in [2.75, 3.05) is 0 Å². The molecule has 30 heavy (non-hydrogen) atoms. The highest BCUT2D eigenvalue weighted by atomic mass is 16.2. The van der Waals surface area contributed by atoms with Gasteiger partial charge in [0.25, 0.3) is 0 Å². The van der Waals surface area contributed by atoms with Gasteiger partial charge in [0.2, 0.25) is 17.7 Å². The van der Waals surface area contributed by atoms with Gasteiger partial charge in [-0.1, -0.05) is 72.8 Å². The van der Waals surface area contributed by atoms with Crippen LogP contribution in [0.25, 0.3) is 0 Å². The Morgan fingerprint density at radius 2 is 1.40 bits per heavy atom. The number of carbonyl (C=O) groups excluding carboxylic acids is 3. The number of hydrogen-bond acceptors (Lipinski definition) is 3. The molecule has 1 N–H and O–H groups in total. The van der Waals surface area contributed by atoms with Crippen LogP contribution in [0.5, 0.6) is 0 Å². The van der Waals surface area contributed by atoms with Crippen molar-refractivity contribution in [3.63, 3.8) is 0 Å². The summed E-state index contributed by atoms with van der Waals surface area (Å²) in [5, 5.41) is 2.94. The predicted octanol–water partition coefficient (Wildman–Crippen LogP) is 2.72. The van der Waals surface area contributed by atoms with E-state index in [2.05, 4.69) is 17.5 Å². The van der Waals surface area contributed by atoms with Crippen molar-refractivity contribution in [3.8, 4) is 0 Å². The summed E-state index contributed by atoms with van der Waals surface area (Å²) in [7, 11) is 0. The fraction of sp³-hybridized carbons (Fsp3) is 0.320. The molecule has 2 aromatic carbocycles. The third-order valence-corrected chi connectivity index (χ3v) is 6.70. The Kier molecular flexibility index (Phi) is 4.74. The van der Waals surface area contributed by atoms with E-state index in [-0.39, 0.29) is 41.4 Å². The summed E-state index contributed by atoms with van der Waals surface area (Å²) in [6.45, 7) is 0.362. The number of carbonyl (C=O) groups is 3. The monoisotopic (exact) mass is 400 g/mol. The summed E-state index contributed by atoms with van der Waals surface area (Å²) in [6, 6.07) is 18.4. The van der Waals surface area contributed by atoms with Crippen LogP contribution in [-0.4, -0.2) is 28.7 Å². The molecule has 0 radical (unpaired) electrons. The maximum Gasteiger partial charge on any atom is 0.243 e. The highest BCUT2D eigenvalue weighted by molar-refractivity contribution is 6.09. The number of fused-ring (bicyclic) bond motifs is 5. The maximum atomic E-state index is 13.3. The molecular weight excluding hydrogens is 376 g/mol. The van der Waals surface area contributed by atoms with Gasteiger partial charge in [-0.2, -0.15) is 0 Å². The second-order valence-corrected chi connectivity index (χ2v) is 8.46. The molecule has 152 valence electrons. The number of imide groups is 1. The molecule has 2 aliphatic carbocycles. The lowest BCUT2D eigenvalue weighted by Gasteiger charge is -2.27. The van der Waals surface area contributed by atoms with Crippen LogP contribution in [0.3, 0.4) is 0 Å². The second-order valence-electron chi connectivity index (χ2n) is 8.46. The average molecular weight is 400 g/mol. The first-order chi connectivity index (χ1) is 14.6. The number of benzene rings is 2. The minimum absolute atomic E-state index is 0.131. The van der Waals surface area contributed by atoms with Crippen LogP contribution in [-0.2, 0) is 27.3 Å². The van der Waals surface area contributed by atoms with Crippen molar-refractivity contribution in [1.82, 2.24) is 10.2 Å². The van der Waals surface area contributed by atoms with E-state index in [0.717, 1.165) is 17.5 Å². The first-order valence-electron chi connectivity index (χ1n) is 10.5. The lowest BCUT2D eigenvalue weighted by Crippen LogP contribution is -2.51. The standard InChI is InChI=1S/C25H24N2O3/c28-23(26-15-17-9-5-2-6-10-17)20(13-16-7-3-1-4-8-16)27-24(29)21-18-11-12-19(14-18)22(21)25(27)30/h1-12,18-22H,13-15H2,(H,26,28)/t18-,19+,20-,21+,22-/m1/s1. The highest BCUT2D eigenvalue weighted by Crippen LogP contribution is 2.52. The molecule has 1 saturated carbocycles. The number of nitrogens with one attached hydrogen (secondary N) is 1. The van der Waals surface area contributed by atoms with Gasteiger partial charge in [0.05, 0.1) is 11.8 Å². The SMILES string of the molecule is O=C(NCc1ccccc1)[C@@H](Cc1ccccc1)N1C(=O)[C@@H]2[C@H](C1=O)[C@H]1C=C[C@@H]2C1. The zero-order valence-electron chi connectivity index (χ0n) is 16.6. The van der Waals surface area contributed by atoms with Gasteiger partial charge in [-0.15, -0.1) is 0 Å². The molecular formula is C25H24N2O3. The lowest BCUT2D eigenvalue weighted by atomic mass is 9.85. The number of nitrogens with zero attached hydrogens (tertiary/aromatic N) is 1. The predicted molar refractivity (Wildman–Crippen MR) is 112 cm³/mol. The van der Waals surface area contributed by atoms with Gasteiger partial charge >= 0.3 is 0 Å². The van der Waals surface area contributed by atoms with E-state index in [4.69, 9.17) is 0 Å². The molecule has 2 bridgehead atoms. The molecule has 1 aliphatic heterocycles. The highest BCUT2D eigenvalue weighted by Gasteiger charge is 2.61. The minimum atomic E-state index is -0.832. The van der Waals surface area contributed by atoms with Gasteiger partial charge in [0.1, 0.15) is 6.04 Å². The summed E-state index contributed by atoms with van der Waals surface area (Å²) in [4.78, 5) is 41.1. The van der Waals surface area contributed by atoms with Crippen LogP contribution in [0.1, 0.15) is 17.5 Å². The topological polar surface area (TPSA) is 66.5 Å². The number of allylic oxidation sites excluding steroid dienone is 2. The van der Waals surface area contributed by atoms with Gasteiger partial charge in [0.15, 0.2) is 0 Å². The summed E-state index contributed by atoms with van der Waals surface area (Å²) < 4.78 is 0. The van der Waals surface area contributed by atoms with Crippen molar-refractivity contribution in [3.05, 3.63) is 83.9 Å². The van der Waals surface area contributed by atoms with Crippen molar-refractivity contribution in [2.24, 2.45) is 23.7 Å². The molecule has 0 spiro atoms. The van der Waals surface area contributed by atoms with E-state index in [1.165, 1.54) is 4.90 Å². The van der Waals surface area contributed by atoms with E-state index < -0.39 is 6.04 Å². The number of likely N-dealkylation sites (tertiary alicyclic amines) is 1. The van der Waals surface area contributed by atoms with Gasteiger partial charge in [0, 0.05) is 13.0 Å². The third kappa shape index (κ3) is 3.15. The molecule has 5 atom stereocenters. The van der Waals surface area contributed by atoms with Crippen LogP contribution < -0.4 is 5.32 Å². The first-order valence-corrected chi connectivity index (χ1v) is 10.5. The summed E-state index contributed by atoms with van der Waals surface area (Å²) in [5.74, 6) is -0.988. The van der Waals surface area contributed by atoms with Crippen LogP contribution in [0.2, 0.25) is 0 Å². The van der Waals surface area contributed by atoms with Crippen molar-refractivity contribution >= 4 is 17.7 Å². The molecule has 3 amide bonds. The normalized spacial score (nSPS) is 27.4. The van der Waals surface area contributed by atoms with Gasteiger partial charge < -0.3 is 5.32 Å². The molecule has 5 heteroatoms. The molecule has 0 unspecified atom stereocenters. The Morgan fingerprint density at radius 3 is 1.97 bits per heavy atom. The van der Waals surface area contributed by atoms with Crippen molar-refractivity contribution < 1.29 is 14.4 Å². The smallest absolute Gasteiger partial charge is 0.243 e. The van der Waals surface area contributed by atoms with E-state index in [1.54, 1.807) is 0 Å². The quantitative estimate of drug-likeness (QED) is 0.599.